The van der Waals surface area contributed by atoms with E-state index in [-0.39, 0.29) is 6.61 Å². The lowest BCUT2D eigenvalue weighted by Gasteiger charge is -2.22. The van der Waals surface area contributed by atoms with Gasteiger partial charge in [-0.15, -0.1) is 0 Å². The van der Waals surface area contributed by atoms with Crippen LogP contribution in [-0.4, -0.2) is 39.5 Å². The molecule has 0 aromatic carbocycles. The second-order valence-electron chi connectivity index (χ2n) is 5.17. The maximum atomic E-state index is 8.99. The van der Waals surface area contributed by atoms with Gasteiger partial charge in [0.05, 0.1) is 18.3 Å². The summed E-state index contributed by atoms with van der Waals surface area (Å²) < 4.78 is 2.15. The Morgan fingerprint density at radius 1 is 1.39 bits per heavy atom. The molecule has 1 aromatic heterocycles. The van der Waals surface area contributed by atoms with Gasteiger partial charge in [0.25, 0.3) is 0 Å². The summed E-state index contributed by atoms with van der Waals surface area (Å²) in [6.45, 7) is 4.87. The number of hydrogen-bond donors (Lipinski definition) is 1. The summed E-state index contributed by atoms with van der Waals surface area (Å²) in [7, 11) is 0. The fourth-order valence-electron chi connectivity index (χ4n) is 2.73. The lowest BCUT2D eigenvalue weighted by Crippen LogP contribution is -2.26. The second-order valence-corrected chi connectivity index (χ2v) is 5.17. The van der Waals surface area contributed by atoms with Crippen LogP contribution in [0.1, 0.15) is 50.8 Å². The number of likely N-dealkylation sites (N-methyl/N-ethyl adjacent to an activating group) is 1. The van der Waals surface area contributed by atoms with Crippen LogP contribution in [0.25, 0.3) is 0 Å². The summed E-state index contributed by atoms with van der Waals surface area (Å²) in [4.78, 5) is 2.22. The number of hydrogen-bond acceptors (Lipinski definition) is 3. The Kier molecular flexibility index (Phi) is 5.20. The second kappa shape index (κ2) is 6.90. The van der Waals surface area contributed by atoms with Crippen LogP contribution in [0.4, 0.5) is 0 Å². The minimum absolute atomic E-state index is 0.219. The molecule has 0 spiro atoms. The van der Waals surface area contributed by atoms with Gasteiger partial charge in [0.15, 0.2) is 0 Å². The van der Waals surface area contributed by atoms with Gasteiger partial charge >= 0.3 is 0 Å². The van der Waals surface area contributed by atoms with E-state index in [0.717, 1.165) is 25.3 Å². The van der Waals surface area contributed by atoms with Crippen molar-refractivity contribution in [1.82, 2.24) is 14.7 Å². The monoisotopic (exact) mass is 251 g/mol. The van der Waals surface area contributed by atoms with Crippen molar-refractivity contribution >= 4 is 0 Å². The quantitative estimate of drug-likeness (QED) is 0.842. The summed E-state index contributed by atoms with van der Waals surface area (Å²) in [5.74, 6) is 0. The van der Waals surface area contributed by atoms with E-state index in [1.807, 2.05) is 0 Å². The van der Waals surface area contributed by atoms with E-state index in [9.17, 15) is 0 Å². The standard InChI is InChI=1S/C14H25N3O/c1-2-16(10-11-18)12-13-8-9-17(15-13)14-6-4-3-5-7-14/h8-9,14,18H,2-7,10-12H2,1H3. The zero-order valence-corrected chi connectivity index (χ0v) is 11.4. The SMILES string of the molecule is CCN(CCO)Cc1ccn(C2CCCCC2)n1. The molecule has 18 heavy (non-hydrogen) atoms. The highest BCUT2D eigenvalue weighted by atomic mass is 16.3. The summed E-state index contributed by atoms with van der Waals surface area (Å²) in [5.41, 5.74) is 1.12. The topological polar surface area (TPSA) is 41.3 Å². The Morgan fingerprint density at radius 3 is 2.83 bits per heavy atom. The molecule has 1 heterocycles. The predicted octanol–water partition coefficient (Wildman–Crippen LogP) is 2.20. The fraction of sp³-hybridized carbons (Fsp3) is 0.786. The van der Waals surface area contributed by atoms with E-state index in [2.05, 4.69) is 28.8 Å². The Balaban J connectivity index is 1.92. The van der Waals surface area contributed by atoms with Crippen molar-refractivity contribution < 1.29 is 5.11 Å². The highest BCUT2D eigenvalue weighted by Crippen LogP contribution is 2.27. The van der Waals surface area contributed by atoms with Crippen molar-refractivity contribution in [3.8, 4) is 0 Å². The van der Waals surface area contributed by atoms with Gasteiger partial charge in [-0.2, -0.15) is 5.10 Å². The van der Waals surface area contributed by atoms with Gasteiger partial charge in [-0.25, -0.2) is 0 Å². The van der Waals surface area contributed by atoms with Crippen LogP contribution in [0.15, 0.2) is 12.3 Å². The van der Waals surface area contributed by atoms with E-state index in [1.165, 1.54) is 32.1 Å². The highest BCUT2D eigenvalue weighted by molar-refractivity contribution is 5.00. The number of nitrogens with zero attached hydrogens (tertiary/aromatic N) is 3. The molecule has 4 heteroatoms. The molecule has 0 amide bonds. The van der Waals surface area contributed by atoms with Crippen LogP contribution < -0.4 is 0 Å². The Labute approximate surface area is 110 Å². The van der Waals surface area contributed by atoms with Crippen LogP contribution >= 0.6 is 0 Å². The molecule has 0 radical (unpaired) electrons. The summed E-state index contributed by atoms with van der Waals surface area (Å²) in [5, 5.41) is 13.7. The lowest BCUT2D eigenvalue weighted by atomic mass is 9.96. The molecule has 0 saturated heterocycles. The predicted molar refractivity (Wildman–Crippen MR) is 72.4 cm³/mol. The average Bonchev–Trinajstić information content (AvgIpc) is 2.88. The largest absolute Gasteiger partial charge is 0.395 e. The Bertz CT molecular complexity index is 345. The normalized spacial score (nSPS) is 17.5. The summed E-state index contributed by atoms with van der Waals surface area (Å²) in [6.07, 6.45) is 8.73. The van der Waals surface area contributed by atoms with Crippen LogP contribution in [0.2, 0.25) is 0 Å². The van der Waals surface area contributed by atoms with E-state index in [1.54, 1.807) is 0 Å². The van der Waals surface area contributed by atoms with Crippen molar-refractivity contribution in [2.24, 2.45) is 0 Å². The minimum atomic E-state index is 0.219. The molecule has 1 aliphatic carbocycles. The van der Waals surface area contributed by atoms with Crippen molar-refractivity contribution in [3.63, 3.8) is 0 Å². The van der Waals surface area contributed by atoms with Gasteiger partial charge in [-0.1, -0.05) is 26.2 Å². The first kappa shape index (κ1) is 13.6. The van der Waals surface area contributed by atoms with Crippen LogP contribution in [0.5, 0.6) is 0 Å². The number of aromatic nitrogens is 2. The van der Waals surface area contributed by atoms with E-state index >= 15 is 0 Å². The van der Waals surface area contributed by atoms with Crippen LogP contribution in [0.3, 0.4) is 0 Å². The van der Waals surface area contributed by atoms with E-state index in [4.69, 9.17) is 10.2 Å². The molecule has 1 N–H and O–H groups in total. The number of aliphatic hydroxyl groups is 1. The molecule has 102 valence electrons. The molecule has 1 aromatic rings. The maximum absolute atomic E-state index is 8.99. The first-order chi connectivity index (χ1) is 8.83. The Morgan fingerprint density at radius 2 is 2.17 bits per heavy atom. The van der Waals surface area contributed by atoms with Gasteiger partial charge in [-0.05, 0) is 25.5 Å². The maximum Gasteiger partial charge on any atom is 0.0764 e. The first-order valence-corrected chi connectivity index (χ1v) is 7.20. The van der Waals surface area contributed by atoms with E-state index in [0.29, 0.717) is 6.04 Å². The van der Waals surface area contributed by atoms with Crippen molar-refractivity contribution in [1.29, 1.82) is 0 Å². The van der Waals surface area contributed by atoms with Gasteiger partial charge in [0, 0.05) is 19.3 Å². The van der Waals surface area contributed by atoms with Crippen molar-refractivity contribution in [2.75, 3.05) is 19.7 Å². The summed E-state index contributed by atoms with van der Waals surface area (Å²) >= 11 is 0. The van der Waals surface area contributed by atoms with Crippen LogP contribution in [0, 0.1) is 0 Å². The third kappa shape index (κ3) is 3.56. The molecular weight excluding hydrogens is 226 g/mol. The van der Waals surface area contributed by atoms with Gasteiger partial charge in [-0.3, -0.25) is 9.58 Å². The minimum Gasteiger partial charge on any atom is -0.395 e. The molecule has 0 unspecified atom stereocenters. The molecular formula is C14H25N3O. The van der Waals surface area contributed by atoms with Crippen molar-refractivity contribution in [2.45, 2.75) is 51.6 Å². The van der Waals surface area contributed by atoms with Gasteiger partial charge < -0.3 is 5.11 Å². The Hall–Kier alpha value is -0.870. The molecule has 1 fully saturated rings. The zero-order chi connectivity index (χ0) is 12.8. The van der Waals surface area contributed by atoms with E-state index < -0.39 is 0 Å². The fourth-order valence-corrected chi connectivity index (χ4v) is 2.73. The van der Waals surface area contributed by atoms with Crippen molar-refractivity contribution in [3.05, 3.63) is 18.0 Å². The molecule has 0 aliphatic heterocycles. The van der Waals surface area contributed by atoms with Gasteiger partial charge in [0.2, 0.25) is 0 Å². The third-order valence-corrected chi connectivity index (χ3v) is 3.86. The number of aliphatic hydroxyl groups excluding tert-OH is 1. The zero-order valence-electron chi connectivity index (χ0n) is 11.4. The van der Waals surface area contributed by atoms with Gasteiger partial charge in [0.1, 0.15) is 0 Å². The molecule has 0 bridgehead atoms. The number of rotatable bonds is 6. The molecule has 2 rings (SSSR count). The molecule has 1 aliphatic rings. The molecule has 0 atom stereocenters. The lowest BCUT2D eigenvalue weighted by molar-refractivity contribution is 0.194. The highest BCUT2D eigenvalue weighted by Gasteiger charge is 2.16. The van der Waals surface area contributed by atoms with Crippen LogP contribution in [-0.2, 0) is 6.54 Å². The average molecular weight is 251 g/mol. The third-order valence-electron chi connectivity index (χ3n) is 3.86. The first-order valence-electron chi connectivity index (χ1n) is 7.20. The summed E-state index contributed by atoms with van der Waals surface area (Å²) in [6, 6.07) is 2.73. The molecule has 4 nitrogen and oxygen atoms in total. The molecule has 1 saturated carbocycles. The smallest absolute Gasteiger partial charge is 0.0764 e.